The van der Waals surface area contributed by atoms with Gasteiger partial charge in [-0.05, 0) is 40.0 Å². The molecule has 0 aliphatic carbocycles. The molecule has 1 aromatic carbocycles. The predicted octanol–water partition coefficient (Wildman–Crippen LogP) is 2.48. The molecule has 0 saturated carbocycles. The molecule has 0 unspecified atom stereocenters. The summed E-state index contributed by atoms with van der Waals surface area (Å²) in [5.74, 6) is 0. The van der Waals surface area contributed by atoms with E-state index in [-0.39, 0.29) is 12.6 Å². The fraction of sp³-hybridized carbons (Fsp3) is 0.333. The van der Waals surface area contributed by atoms with Gasteiger partial charge in [0.2, 0.25) is 0 Å². The number of hydrogen-bond donors (Lipinski definition) is 2. The van der Waals surface area contributed by atoms with Crippen LogP contribution >= 0.6 is 27.5 Å². The largest absolute Gasteiger partial charge is 0.396 e. The van der Waals surface area contributed by atoms with Crippen LogP contribution in [0.1, 0.15) is 18.0 Å². The Kier molecular flexibility index (Phi) is 4.19. The Balaban J connectivity index is 2.84. The zero-order chi connectivity index (χ0) is 9.84. The lowest BCUT2D eigenvalue weighted by Gasteiger charge is -2.10. The molecule has 0 aliphatic heterocycles. The van der Waals surface area contributed by atoms with Crippen molar-refractivity contribution in [3.8, 4) is 0 Å². The summed E-state index contributed by atoms with van der Waals surface area (Å²) in [5, 5.41) is 9.34. The molecular formula is C9H11BrClNO. The van der Waals surface area contributed by atoms with Crippen LogP contribution in [0.4, 0.5) is 0 Å². The summed E-state index contributed by atoms with van der Waals surface area (Å²) in [6, 6.07) is 5.42. The minimum atomic E-state index is -0.143. The molecule has 3 N–H and O–H groups in total. The van der Waals surface area contributed by atoms with Gasteiger partial charge in [-0.25, -0.2) is 0 Å². The first kappa shape index (κ1) is 11.0. The van der Waals surface area contributed by atoms with Gasteiger partial charge in [0.05, 0.1) is 5.02 Å². The van der Waals surface area contributed by atoms with Crippen molar-refractivity contribution in [1.82, 2.24) is 0 Å². The molecule has 0 saturated heterocycles. The Labute approximate surface area is 90.8 Å². The molecule has 0 bridgehead atoms. The van der Waals surface area contributed by atoms with Gasteiger partial charge in [0.25, 0.3) is 0 Å². The summed E-state index contributed by atoms with van der Waals surface area (Å²) in [6.45, 7) is 0.0921. The number of benzene rings is 1. The van der Waals surface area contributed by atoms with E-state index in [1.54, 1.807) is 0 Å². The standard InChI is InChI=1S/C9H11BrClNO/c10-7-2-1-6(5-8(7)11)9(12)3-4-13/h1-2,5,9,13H,3-4,12H2/t9-/m0/s1. The second-order valence-electron chi connectivity index (χ2n) is 2.79. The zero-order valence-corrected chi connectivity index (χ0v) is 9.35. The predicted molar refractivity (Wildman–Crippen MR) is 57.8 cm³/mol. The smallest absolute Gasteiger partial charge is 0.0551 e. The van der Waals surface area contributed by atoms with Gasteiger partial charge >= 0.3 is 0 Å². The Morgan fingerprint density at radius 3 is 2.77 bits per heavy atom. The van der Waals surface area contributed by atoms with Crippen LogP contribution in [0.25, 0.3) is 0 Å². The van der Waals surface area contributed by atoms with Crippen molar-refractivity contribution in [3.63, 3.8) is 0 Å². The molecule has 4 heteroatoms. The van der Waals surface area contributed by atoms with Crippen LogP contribution in [0.15, 0.2) is 22.7 Å². The van der Waals surface area contributed by atoms with Gasteiger partial charge < -0.3 is 10.8 Å². The minimum Gasteiger partial charge on any atom is -0.396 e. The summed E-state index contributed by atoms with van der Waals surface area (Å²) < 4.78 is 0.856. The van der Waals surface area contributed by atoms with E-state index in [1.807, 2.05) is 18.2 Å². The highest BCUT2D eigenvalue weighted by molar-refractivity contribution is 9.10. The highest BCUT2D eigenvalue weighted by Crippen LogP contribution is 2.26. The molecule has 1 atom stereocenters. The average Bonchev–Trinajstić information content (AvgIpc) is 2.10. The molecule has 0 heterocycles. The lowest BCUT2D eigenvalue weighted by atomic mass is 10.1. The van der Waals surface area contributed by atoms with Gasteiger partial charge in [-0.3, -0.25) is 0 Å². The number of rotatable bonds is 3. The first-order chi connectivity index (χ1) is 6.15. The highest BCUT2D eigenvalue weighted by atomic mass is 79.9. The fourth-order valence-corrected chi connectivity index (χ4v) is 1.48. The Bertz CT molecular complexity index is 293. The van der Waals surface area contributed by atoms with Crippen molar-refractivity contribution in [2.75, 3.05) is 6.61 Å². The first-order valence-electron chi connectivity index (χ1n) is 3.96. The number of aliphatic hydroxyl groups is 1. The van der Waals surface area contributed by atoms with Crippen LogP contribution in [0.2, 0.25) is 5.02 Å². The van der Waals surface area contributed by atoms with Crippen LogP contribution < -0.4 is 5.73 Å². The molecular weight excluding hydrogens is 253 g/mol. The molecule has 0 aliphatic rings. The van der Waals surface area contributed by atoms with Crippen LogP contribution in [-0.4, -0.2) is 11.7 Å². The molecule has 0 radical (unpaired) electrons. The van der Waals surface area contributed by atoms with E-state index in [0.717, 1.165) is 10.0 Å². The van der Waals surface area contributed by atoms with Crippen LogP contribution in [0.5, 0.6) is 0 Å². The molecule has 0 fully saturated rings. The molecule has 0 aromatic heterocycles. The topological polar surface area (TPSA) is 46.2 Å². The molecule has 72 valence electrons. The summed E-state index contributed by atoms with van der Waals surface area (Å²) in [7, 11) is 0. The van der Waals surface area contributed by atoms with Gasteiger partial charge in [-0.1, -0.05) is 17.7 Å². The fourth-order valence-electron chi connectivity index (χ4n) is 1.05. The Morgan fingerprint density at radius 1 is 1.54 bits per heavy atom. The lowest BCUT2D eigenvalue weighted by Crippen LogP contribution is -2.11. The Hall–Kier alpha value is -0.0900. The first-order valence-corrected chi connectivity index (χ1v) is 5.13. The Morgan fingerprint density at radius 2 is 2.23 bits per heavy atom. The maximum absolute atomic E-state index is 8.70. The molecule has 2 nitrogen and oxygen atoms in total. The third-order valence-electron chi connectivity index (χ3n) is 1.81. The maximum Gasteiger partial charge on any atom is 0.0551 e. The third kappa shape index (κ3) is 2.95. The number of aliphatic hydroxyl groups excluding tert-OH is 1. The highest BCUT2D eigenvalue weighted by Gasteiger charge is 2.06. The number of nitrogens with two attached hydrogens (primary N) is 1. The maximum atomic E-state index is 8.70. The molecule has 0 amide bonds. The van der Waals surface area contributed by atoms with E-state index in [0.29, 0.717) is 11.4 Å². The summed E-state index contributed by atoms with van der Waals surface area (Å²) >= 11 is 9.19. The van der Waals surface area contributed by atoms with Crippen LogP contribution in [0.3, 0.4) is 0 Å². The van der Waals surface area contributed by atoms with Gasteiger partial charge in [-0.2, -0.15) is 0 Å². The monoisotopic (exact) mass is 263 g/mol. The summed E-state index contributed by atoms with van der Waals surface area (Å²) in [5.41, 5.74) is 6.74. The third-order valence-corrected chi connectivity index (χ3v) is 3.04. The van der Waals surface area contributed by atoms with Gasteiger partial charge in [0.15, 0.2) is 0 Å². The van der Waals surface area contributed by atoms with E-state index in [2.05, 4.69) is 15.9 Å². The van der Waals surface area contributed by atoms with Crippen molar-refractivity contribution < 1.29 is 5.11 Å². The quantitative estimate of drug-likeness (QED) is 0.881. The van der Waals surface area contributed by atoms with Crippen molar-refractivity contribution in [3.05, 3.63) is 33.3 Å². The second kappa shape index (κ2) is 4.96. The van der Waals surface area contributed by atoms with Crippen molar-refractivity contribution in [2.24, 2.45) is 5.73 Å². The minimum absolute atomic E-state index is 0.0921. The summed E-state index contributed by atoms with van der Waals surface area (Å²) in [4.78, 5) is 0. The van der Waals surface area contributed by atoms with Crippen LogP contribution in [-0.2, 0) is 0 Å². The second-order valence-corrected chi connectivity index (χ2v) is 4.05. The normalized spacial score (nSPS) is 12.9. The lowest BCUT2D eigenvalue weighted by molar-refractivity contribution is 0.276. The molecule has 0 spiro atoms. The average molecular weight is 265 g/mol. The molecule has 1 aromatic rings. The SMILES string of the molecule is N[C@@H](CCO)c1ccc(Br)c(Cl)c1. The molecule has 13 heavy (non-hydrogen) atoms. The van der Waals surface area contributed by atoms with E-state index in [4.69, 9.17) is 22.4 Å². The van der Waals surface area contributed by atoms with Gasteiger partial charge in [-0.15, -0.1) is 0 Å². The van der Waals surface area contributed by atoms with Crippen LogP contribution in [0, 0.1) is 0 Å². The van der Waals surface area contributed by atoms with E-state index >= 15 is 0 Å². The zero-order valence-electron chi connectivity index (χ0n) is 7.00. The van der Waals surface area contributed by atoms with Gasteiger partial charge in [0.1, 0.15) is 0 Å². The van der Waals surface area contributed by atoms with E-state index in [9.17, 15) is 0 Å². The van der Waals surface area contributed by atoms with Gasteiger partial charge in [0, 0.05) is 17.1 Å². The van der Waals surface area contributed by atoms with Crippen molar-refractivity contribution >= 4 is 27.5 Å². The van der Waals surface area contributed by atoms with E-state index in [1.165, 1.54) is 0 Å². The van der Waals surface area contributed by atoms with Crippen molar-refractivity contribution in [1.29, 1.82) is 0 Å². The van der Waals surface area contributed by atoms with E-state index < -0.39 is 0 Å². The summed E-state index contributed by atoms with van der Waals surface area (Å²) in [6.07, 6.45) is 0.554. The number of halogens is 2. The molecule has 1 rings (SSSR count). The number of hydrogen-bond acceptors (Lipinski definition) is 2. The van der Waals surface area contributed by atoms with Crippen molar-refractivity contribution in [2.45, 2.75) is 12.5 Å².